The zero-order valence-electron chi connectivity index (χ0n) is 26.4. The lowest BCUT2D eigenvalue weighted by molar-refractivity contribution is -0.147. The van der Waals surface area contributed by atoms with Crippen LogP contribution in [-0.4, -0.2) is 85.3 Å². The highest BCUT2D eigenvalue weighted by atomic mass is 32.2. The maximum Gasteiger partial charge on any atom is 0.407 e. The number of sulfonamides is 1. The molecule has 3 aromatic rings. The largest absolute Gasteiger partial charge is 0.443 e. The van der Waals surface area contributed by atoms with Crippen molar-refractivity contribution in [3.63, 3.8) is 0 Å². The number of nitrogens with one attached hydrogen (secondary N) is 2. The maximum atomic E-state index is 14.1. The fourth-order valence-corrected chi connectivity index (χ4v) is 9.61. The Morgan fingerprint density at radius 1 is 1.19 bits per heavy atom. The van der Waals surface area contributed by atoms with E-state index in [1.54, 1.807) is 24.3 Å². The van der Waals surface area contributed by atoms with Crippen LogP contribution in [0.4, 0.5) is 14.3 Å². The van der Waals surface area contributed by atoms with Crippen molar-refractivity contribution in [3.05, 3.63) is 53.8 Å². The summed E-state index contributed by atoms with van der Waals surface area (Å²) in [6, 6.07) is 10.2. The van der Waals surface area contributed by atoms with Crippen molar-refractivity contribution in [1.29, 1.82) is 0 Å². The fraction of sp³-hybridized carbons (Fsp3) is 0.576. The number of carbonyl (C=O) groups is 1. The number of benzene rings is 2. The maximum absolute atomic E-state index is 14.1. The van der Waals surface area contributed by atoms with Crippen LogP contribution in [0.3, 0.4) is 0 Å². The van der Waals surface area contributed by atoms with E-state index in [1.807, 2.05) is 13.8 Å². The number of anilines is 1. The van der Waals surface area contributed by atoms with E-state index in [0.29, 0.717) is 36.1 Å². The first-order valence-corrected chi connectivity index (χ1v) is 18.6. The Labute approximate surface area is 277 Å². The number of fused-ring (bicyclic) bond motifs is 2. The average molecular weight is 689 g/mol. The number of alkyl carbamates (subject to hydrolysis) is 1. The third-order valence-corrected chi connectivity index (χ3v) is 12.2. The van der Waals surface area contributed by atoms with E-state index in [2.05, 4.69) is 15.6 Å². The van der Waals surface area contributed by atoms with Crippen LogP contribution >= 0.6 is 11.3 Å². The zero-order chi connectivity index (χ0) is 32.9. The van der Waals surface area contributed by atoms with Crippen molar-refractivity contribution < 1.29 is 36.9 Å². The summed E-state index contributed by atoms with van der Waals surface area (Å²) >= 11 is 1.41. The van der Waals surface area contributed by atoms with Crippen molar-refractivity contribution in [1.82, 2.24) is 14.6 Å². The zero-order valence-corrected chi connectivity index (χ0v) is 28.0. The molecule has 4 fully saturated rings. The third-order valence-electron chi connectivity index (χ3n) is 9.43. The fourth-order valence-electron chi connectivity index (χ4n) is 6.90. The highest BCUT2D eigenvalue weighted by molar-refractivity contribution is 7.89. The molecule has 3 heterocycles. The quantitative estimate of drug-likeness (QED) is 0.237. The molecule has 14 heteroatoms. The first-order chi connectivity index (χ1) is 22.5. The van der Waals surface area contributed by atoms with E-state index in [9.17, 15) is 22.7 Å². The lowest BCUT2D eigenvalue weighted by Crippen LogP contribution is -2.52. The van der Waals surface area contributed by atoms with Crippen LogP contribution in [0.15, 0.2) is 47.4 Å². The summed E-state index contributed by atoms with van der Waals surface area (Å²) in [4.78, 5) is 18.0. The van der Waals surface area contributed by atoms with E-state index in [-0.39, 0.29) is 48.6 Å². The second-order valence-corrected chi connectivity index (χ2v) is 16.6. The van der Waals surface area contributed by atoms with Gasteiger partial charge in [0.1, 0.15) is 11.9 Å². The van der Waals surface area contributed by atoms with Crippen LogP contribution in [0, 0.1) is 23.6 Å². The predicted octanol–water partition coefficient (Wildman–Crippen LogP) is 4.50. The Kier molecular flexibility index (Phi) is 9.17. The van der Waals surface area contributed by atoms with Crippen LogP contribution < -0.4 is 10.6 Å². The summed E-state index contributed by atoms with van der Waals surface area (Å²) in [6.45, 7) is 4.20. The van der Waals surface area contributed by atoms with Gasteiger partial charge >= 0.3 is 6.09 Å². The molecule has 2 aliphatic heterocycles. The monoisotopic (exact) mass is 688 g/mol. The molecule has 2 saturated heterocycles. The smallest absolute Gasteiger partial charge is 0.407 e. The molecule has 4 unspecified atom stereocenters. The summed E-state index contributed by atoms with van der Waals surface area (Å²) in [7, 11) is -4.06. The molecule has 1 aromatic heterocycles. The van der Waals surface area contributed by atoms with Crippen molar-refractivity contribution in [3.8, 4) is 0 Å². The first kappa shape index (κ1) is 32.7. The number of amides is 1. The summed E-state index contributed by atoms with van der Waals surface area (Å²) in [5.74, 6) is 0.0606. The van der Waals surface area contributed by atoms with Gasteiger partial charge in [-0.2, -0.15) is 4.31 Å². The van der Waals surface area contributed by atoms with Gasteiger partial charge in [-0.05, 0) is 79.8 Å². The second kappa shape index (κ2) is 13.2. The number of hydrogen-bond acceptors (Lipinski definition) is 10. The number of aliphatic hydroxyl groups is 1. The Morgan fingerprint density at radius 3 is 2.79 bits per heavy atom. The third kappa shape index (κ3) is 7.27. The normalized spacial score (nSPS) is 26.6. The minimum atomic E-state index is -4.06. The highest BCUT2D eigenvalue weighted by Gasteiger charge is 2.54. The van der Waals surface area contributed by atoms with Crippen LogP contribution in [0.25, 0.3) is 10.2 Å². The predicted molar refractivity (Wildman–Crippen MR) is 174 cm³/mol. The summed E-state index contributed by atoms with van der Waals surface area (Å²) < 4.78 is 61.8. The van der Waals surface area contributed by atoms with Gasteiger partial charge in [-0.1, -0.05) is 37.3 Å². The molecule has 1 amide bonds. The van der Waals surface area contributed by atoms with Gasteiger partial charge in [0.05, 0.1) is 40.0 Å². The number of halogens is 1. The van der Waals surface area contributed by atoms with E-state index in [4.69, 9.17) is 14.2 Å². The number of carbonyl (C=O) groups excluding carboxylic acids is 1. The summed E-state index contributed by atoms with van der Waals surface area (Å²) in [5.41, 5.74) is 1.25. The molecule has 47 heavy (non-hydrogen) atoms. The van der Waals surface area contributed by atoms with Crippen molar-refractivity contribution in [2.24, 2.45) is 17.8 Å². The molecule has 2 aliphatic carbocycles. The molecule has 2 aromatic carbocycles. The van der Waals surface area contributed by atoms with Gasteiger partial charge < -0.3 is 30.0 Å². The number of hydrogen-bond donors (Lipinski definition) is 3. The van der Waals surface area contributed by atoms with E-state index in [1.165, 1.54) is 33.8 Å². The molecule has 3 N–H and O–H groups in total. The lowest BCUT2D eigenvalue weighted by atomic mass is 9.80. The Bertz CT molecular complexity index is 1720. The Balaban J connectivity index is 1.09. The highest BCUT2D eigenvalue weighted by Crippen LogP contribution is 2.47. The standard InChI is InChI=1S/C33H41FN4O7S2/c1-18(2)15-38(47(41,42)23-8-9-25-30(13-23)46-32(36-25)35-22-6-7-22)16-27(39)26(11-19-4-3-5-21(34)10-19)37-33(40)45-28-12-20-17-43-31-24(20)14-29(28)44-31/h3-5,8-10,13,18,20,22,24,26-29,31,39H,6-7,11-12,14-17H2,1-2H3,(H,35,36)(H,37,40)/t20?,24?,26-,27+,28-,29?,31?/m0/s1. The Hall–Kier alpha value is -2.88. The molecule has 7 rings (SSSR count). The number of rotatable bonds is 13. The molecular formula is C33H41FN4O7S2. The lowest BCUT2D eigenvalue weighted by Gasteiger charge is -2.33. The van der Waals surface area contributed by atoms with Gasteiger partial charge in [-0.25, -0.2) is 22.6 Å². The van der Waals surface area contributed by atoms with Gasteiger partial charge in [0.2, 0.25) is 10.0 Å². The second-order valence-electron chi connectivity index (χ2n) is 13.7. The Morgan fingerprint density at radius 2 is 2.02 bits per heavy atom. The molecule has 4 aliphatic rings. The van der Waals surface area contributed by atoms with Crippen LogP contribution in [0.5, 0.6) is 0 Å². The SMILES string of the molecule is CC(C)CN(C[C@@H](O)[C@H](Cc1cccc(F)c1)NC(=O)O[C@H]1CC2COC3OC1CC23)S(=O)(=O)c1ccc2nc(NC3CC3)sc2c1. The van der Waals surface area contributed by atoms with Crippen LogP contribution in [0.1, 0.15) is 45.1 Å². The van der Waals surface area contributed by atoms with Crippen LogP contribution in [0.2, 0.25) is 0 Å². The summed E-state index contributed by atoms with van der Waals surface area (Å²) in [5, 5.41) is 18.5. The van der Waals surface area contributed by atoms with Gasteiger partial charge in [-0.3, -0.25) is 0 Å². The molecule has 11 nitrogen and oxygen atoms in total. The summed E-state index contributed by atoms with van der Waals surface area (Å²) in [6.07, 6.45) is 0.569. The minimum Gasteiger partial charge on any atom is -0.443 e. The number of aliphatic hydroxyl groups excluding tert-OH is 1. The van der Waals surface area contributed by atoms with Gasteiger partial charge in [0, 0.05) is 25.0 Å². The van der Waals surface area contributed by atoms with Crippen LogP contribution in [-0.2, 0) is 30.7 Å². The van der Waals surface area contributed by atoms with E-state index >= 15 is 0 Å². The molecule has 2 saturated carbocycles. The number of aromatic nitrogens is 1. The van der Waals surface area contributed by atoms with E-state index in [0.717, 1.165) is 29.1 Å². The molecule has 0 radical (unpaired) electrons. The molecule has 254 valence electrons. The number of nitrogens with zero attached hydrogens (tertiary/aromatic N) is 2. The number of ether oxygens (including phenoxy) is 3. The van der Waals surface area contributed by atoms with Gasteiger partial charge in [0.15, 0.2) is 11.4 Å². The van der Waals surface area contributed by atoms with Crippen molar-refractivity contribution >= 4 is 42.8 Å². The van der Waals surface area contributed by atoms with Gasteiger partial charge in [0.25, 0.3) is 0 Å². The molecule has 2 bridgehead atoms. The topological polar surface area (TPSA) is 139 Å². The van der Waals surface area contributed by atoms with Gasteiger partial charge in [-0.15, -0.1) is 0 Å². The molecule has 7 atom stereocenters. The number of thiazole rings is 1. The first-order valence-electron chi connectivity index (χ1n) is 16.4. The van der Waals surface area contributed by atoms with E-state index < -0.39 is 40.2 Å². The molecular weight excluding hydrogens is 648 g/mol. The van der Waals surface area contributed by atoms with Crippen molar-refractivity contribution in [2.75, 3.05) is 25.0 Å². The molecule has 0 spiro atoms. The average Bonchev–Trinajstić information content (AvgIpc) is 3.43. The van der Waals surface area contributed by atoms with Crippen molar-refractivity contribution in [2.45, 2.75) is 87.5 Å². The minimum absolute atomic E-state index is 0.0540.